The zero-order valence-corrected chi connectivity index (χ0v) is 16.4. The minimum absolute atomic E-state index is 0.0665. The van der Waals surface area contributed by atoms with Gasteiger partial charge in [-0.1, -0.05) is 26.0 Å². The molecule has 1 heterocycles. The van der Waals surface area contributed by atoms with Crippen molar-refractivity contribution in [1.82, 2.24) is 15.1 Å². The maximum absolute atomic E-state index is 12.9. The first-order chi connectivity index (χ1) is 13.0. The number of carbonyl (C=O) groups excluding carboxylic acids is 2. The highest BCUT2D eigenvalue weighted by Crippen LogP contribution is 2.30. The Labute approximate surface area is 160 Å². The summed E-state index contributed by atoms with van der Waals surface area (Å²) in [7, 11) is 1.57. The average molecular weight is 366 g/mol. The molecule has 2 aromatic rings. The van der Waals surface area contributed by atoms with Crippen LogP contribution in [0.3, 0.4) is 0 Å². The summed E-state index contributed by atoms with van der Waals surface area (Å²) in [6.07, 6.45) is 1.82. The normalized spacial score (nSPS) is 11.7. The van der Waals surface area contributed by atoms with Gasteiger partial charge in [-0.3, -0.25) is 14.3 Å². The van der Waals surface area contributed by atoms with Gasteiger partial charge >= 0.3 is 0 Å². The van der Waals surface area contributed by atoms with Gasteiger partial charge in [-0.25, -0.2) is 0 Å². The van der Waals surface area contributed by atoms with Crippen LogP contribution in [0.4, 0.5) is 0 Å². The highest BCUT2D eigenvalue weighted by Gasteiger charge is 2.25. The predicted molar refractivity (Wildman–Crippen MR) is 104 cm³/mol. The van der Waals surface area contributed by atoms with Crippen molar-refractivity contribution in [3.05, 3.63) is 41.1 Å². The first kappa shape index (κ1) is 20.4. The minimum Gasteiger partial charge on any atom is -0.359 e. The van der Waals surface area contributed by atoms with Crippen molar-refractivity contribution in [2.75, 3.05) is 7.05 Å². The quantitative estimate of drug-likeness (QED) is 0.722. The minimum atomic E-state index is -0.150. The number of carbonyl (C=O) groups is 2. The molecule has 0 aliphatic heterocycles. The van der Waals surface area contributed by atoms with Gasteiger partial charge < -0.3 is 5.32 Å². The molecule has 0 aliphatic rings. The van der Waals surface area contributed by atoms with Crippen LogP contribution >= 0.6 is 0 Å². The number of nitrogens with zero attached hydrogens (tertiary/aromatic N) is 3. The molecule has 1 amide bonds. The van der Waals surface area contributed by atoms with Crippen molar-refractivity contribution in [3.63, 3.8) is 0 Å². The highest BCUT2D eigenvalue weighted by atomic mass is 16.2. The summed E-state index contributed by atoms with van der Waals surface area (Å²) in [6.45, 7) is 6.09. The molecule has 1 aromatic heterocycles. The van der Waals surface area contributed by atoms with Crippen molar-refractivity contribution in [1.29, 1.82) is 5.26 Å². The molecule has 1 aromatic carbocycles. The van der Waals surface area contributed by atoms with Crippen molar-refractivity contribution in [2.45, 2.75) is 52.5 Å². The van der Waals surface area contributed by atoms with Crippen molar-refractivity contribution in [3.8, 4) is 17.3 Å². The van der Waals surface area contributed by atoms with Crippen molar-refractivity contribution in [2.24, 2.45) is 0 Å². The summed E-state index contributed by atoms with van der Waals surface area (Å²) in [4.78, 5) is 24.5. The van der Waals surface area contributed by atoms with E-state index in [4.69, 9.17) is 10.4 Å². The van der Waals surface area contributed by atoms with Crippen LogP contribution in [0.2, 0.25) is 0 Å². The predicted octanol–water partition coefficient (Wildman–Crippen LogP) is 3.66. The van der Waals surface area contributed by atoms with E-state index in [1.807, 2.05) is 26.0 Å². The summed E-state index contributed by atoms with van der Waals surface area (Å²) < 4.78 is 1.80. The van der Waals surface area contributed by atoms with E-state index in [1.165, 1.54) is 0 Å². The van der Waals surface area contributed by atoms with Crippen LogP contribution in [-0.2, 0) is 11.2 Å². The Kier molecular flexibility index (Phi) is 6.89. The van der Waals surface area contributed by atoms with E-state index in [0.717, 1.165) is 23.2 Å². The van der Waals surface area contributed by atoms with Crippen LogP contribution < -0.4 is 5.32 Å². The molecular weight excluding hydrogens is 340 g/mol. The van der Waals surface area contributed by atoms with Gasteiger partial charge in [0.15, 0.2) is 5.78 Å². The molecule has 2 rings (SSSR count). The average Bonchev–Trinajstić information content (AvgIpc) is 3.10. The number of aromatic nitrogens is 2. The Bertz CT molecular complexity index is 860. The molecule has 27 heavy (non-hydrogen) atoms. The van der Waals surface area contributed by atoms with Crippen LogP contribution in [-0.4, -0.2) is 28.5 Å². The first-order valence-corrected chi connectivity index (χ1v) is 9.32. The molecule has 0 radical (unpaired) electrons. The number of hydrogen-bond donors (Lipinski definition) is 1. The van der Waals surface area contributed by atoms with Crippen LogP contribution in [0.25, 0.3) is 11.3 Å². The van der Waals surface area contributed by atoms with Gasteiger partial charge in [0.1, 0.15) is 5.69 Å². The third-order valence-electron chi connectivity index (χ3n) is 4.78. The molecule has 0 fully saturated rings. The SMILES string of the molecule is CCc1c(-c2ccc(C#N)cc2)nn(C(C)CC)c1C(=O)CCC(=O)NC. The number of rotatable bonds is 8. The van der Waals surface area contributed by atoms with Crippen LogP contribution in [0.15, 0.2) is 24.3 Å². The van der Waals surface area contributed by atoms with E-state index in [2.05, 4.69) is 18.3 Å². The summed E-state index contributed by atoms with van der Waals surface area (Å²) in [5.41, 5.74) is 3.72. The Morgan fingerprint density at radius 1 is 1.22 bits per heavy atom. The van der Waals surface area contributed by atoms with Crippen LogP contribution in [0.1, 0.15) is 67.7 Å². The Balaban J connectivity index is 2.52. The number of ketones is 1. The van der Waals surface area contributed by atoms with E-state index in [9.17, 15) is 9.59 Å². The Morgan fingerprint density at radius 3 is 2.41 bits per heavy atom. The molecule has 0 saturated heterocycles. The number of benzene rings is 1. The molecule has 0 spiro atoms. The molecule has 0 saturated carbocycles. The lowest BCUT2D eigenvalue weighted by atomic mass is 9.99. The zero-order chi connectivity index (χ0) is 20.0. The van der Waals surface area contributed by atoms with E-state index in [0.29, 0.717) is 17.7 Å². The lowest BCUT2D eigenvalue weighted by Gasteiger charge is -2.13. The van der Waals surface area contributed by atoms with E-state index in [1.54, 1.807) is 23.9 Å². The first-order valence-electron chi connectivity index (χ1n) is 9.32. The molecule has 1 unspecified atom stereocenters. The Hall–Kier alpha value is -2.94. The maximum atomic E-state index is 12.9. The van der Waals surface area contributed by atoms with Crippen LogP contribution in [0.5, 0.6) is 0 Å². The second-order valence-electron chi connectivity index (χ2n) is 6.52. The van der Waals surface area contributed by atoms with E-state index in [-0.39, 0.29) is 30.6 Å². The zero-order valence-electron chi connectivity index (χ0n) is 16.4. The molecule has 6 nitrogen and oxygen atoms in total. The second kappa shape index (κ2) is 9.13. The summed E-state index contributed by atoms with van der Waals surface area (Å²) in [5.74, 6) is -0.216. The molecule has 142 valence electrons. The van der Waals surface area contributed by atoms with Gasteiger partial charge in [-0.2, -0.15) is 10.4 Å². The van der Waals surface area contributed by atoms with Crippen molar-refractivity contribution >= 4 is 11.7 Å². The largest absolute Gasteiger partial charge is 0.359 e. The van der Waals surface area contributed by atoms with Gasteiger partial charge in [0, 0.05) is 37.1 Å². The number of amides is 1. The van der Waals surface area contributed by atoms with E-state index >= 15 is 0 Å². The standard InChI is InChI=1S/C21H26N4O2/c1-5-14(3)25-21(18(26)11-12-19(27)23-4)17(6-2)20(24-25)16-9-7-15(13-22)8-10-16/h7-10,14H,5-6,11-12H2,1-4H3,(H,23,27). The fourth-order valence-electron chi connectivity index (χ4n) is 3.00. The fraction of sp³-hybridized carbons (Fsp3) is 0.429. The molecule has 0 bridgehead atoms. The summed E-state index contributed by atoms with van der Waals surface area (Å²) in [5, 5.41) is 16.3. The van der Waals surface area contributed by atoms with Gasteiger partial charge in [0.05, 0.1) is 17.3 Å². The lowest BCUT2D eigenvalue weighted by Crippen LogP contribution is -2.20. The monoisotopic (exact) mass is 366 g/mol. The molecular formula is C21H26N4O2. The smallest absolute Gasteiger partial charge is 0.220 e. The maximum Gasteiger partial charge on any atom is 0.220 e. The number of hydrogen-bond acceptors (Lipinski definition) is 4. The topological polar surface area (TPSA) is 87.8 Å². The summed E-state index contributed by atoms with van der Waals surface area (Å²) in [6, 6.07) is 9.41. The summed E-state index contributed by atoms with van der Waals surface area (Å²) >= 11 is 0. The lowest BCUT2D eigenvalue weighted by molar-refractivity contribution is -0.120. The van der Waals surface area contributed by atoms with Crippen LogP contribution in [0, 0.1) is 11.3 Å². The molecule has 0 aliphatic carbocycles. The Morgan fingerprint density at radius 2 is 1.89 bits per heavy atom. The van der Waals surface area contributed by atoms with Gasteiger partial charge in [-0.05, 0) is 31.9 Å². The van der Waals surface area contributed by atoms with Gasteiger partial charge in [0.25, 0.3) is 0 Å². The number of Topliss-reactive ketones (excluding diaryl/α,β-unsaturated/α-hetero) is 1. The third-order valence-corrected chi connectivity index (χ3v) is 4.78. The highest BCUT2D eigenvalue weighted by molar-refractivity contribution is 5.99. The second-order valence-corrected chi connectivity index (χ2v) is 6.52. The fourth-order valence-corrected chi connectivity index (χ4v) is 3.00. The van der Waals surface area contributed by atoms with Crippen molar-refractivity contribution < 1.29 is 9.59 Å². The molecule has 1 N–H and O–H groups in total. The number of nitrogens with one attached hydrogen (secondary N) is 1. The van der Waals surface area contributed by atoms with Gasteiger partial charge in [-0.15, -0.1) is 0 Å². The number of nitriles is 1. The van der Waals surface area contributed by atoms with E-state index < -0.39 is 0 Å². The third kappa shape index (κ3) is 4.43. The molecule has 1 atom stereocenters. The molecule has 6 heteroatoms. The van der Waals surface area contributed by atoms with Gasteiger partial charge in [0.2, 0.25) is 5.91 Å².